The van der Waals surface area contributed by atoms with Gasteiger partial charge in [-0.2, -0.15) is 4.98 Å². The van der Waals surface area contributed by atoms with Crippen LogP contribution >= 0.6 is 15.9 Å². The van der Waals surface area contributed by atoms with Crippen LogP contribution in [0.1, 0.15) is 10.4 Å². The van der Waals surface area contributed by atoms with Crippen LogP contribution in [0.4, 0.5) is 5.95 Å². The Bertz CT molecular complexity index is 1230. The van der Waals surface area contributed by atoms with E-state index in [0.29, 0.717) is 17.2 Å². The summed E-state index contributed by atoms with van der Waals surface area (Å²) in [5, 5.41) is 0. The van der Waals surface area contributed by atoms with E-state index in [1.807, 2.05) is 12.1 Å². The number of carbonyl (C=O) groups excluding carboxylic acids is 1. The summed E-state index contributed by atoms with van der Waals surface area (Å²) in [4.78, 5) is 47.3. The molecule has 0 bridgehead atoms. The molecule has 0 N–H and O–H groups in total. The zero-order chi connectivity index (χ0) is 21.6. The van der Waals surface area contributed by atoms with Gasteiger partial charge in [0.25, 0.3) is 5.56 Å². The molecule has 1 fully saturated rings. The van der Waals surface area contributed by atoms with E-state index in [-0.39, 0.29) is 17.8 Å². The first kappa shape index (κ1) is 20.5. The summed E-state index contributed by atoms with van der Waals surface area (Å²) in [6, 6.07) is 7.11. The van der Waals surface area contributed by atoms with Gasteiger partial charge in [-0.3, -0.25) is 23.3 Å². The minimum absolute atomic E-state index is 0.0345. The van der Waals surface area contributed by atoms with Gasteiger partial charge < -0.3 is 9.80 Å². The number of carbonyl (C=O) groups is 1. The third kappa shape index (κ3) is 3.50. The SMILES string of the molecule is CN1CCN(c2nc3c(c(=O)n(C)c(=O)n3C)n2CC(=O)c2ccc(Br)cc2)CC1. The van der Waals surface area contributed by atoms with Crippen molar-refractivity contribution < 1.29 is 4.79 Å². The van der Waals surface area contributed by atoms with Gasteiger partial charge in [-0.15, -0.1) is 0 Å². The van der Waals surface area contributed by atoms with Crippen LogP contribution < -0.4 is 16.1 Å². The lowest BCUT2D eigenvalue weighted by atomic mass is 10.1. The molecule has 0 saturated carbocycles. The van der Waals surface area contributed by atoms with E-state index in [2.05, 4.69) is 37.8 Å². The number of benzene rings is 1. The van der Waals surface area contributed by atoms with Crippen LogP contribution in [-0.4, -0.2) is 62.6 Å². The number of rotatable bonds is 4. The van der Waals surface area contributed by atoms with E-state index in [1.54, 1.807) is 23.7 Å². The molecule has 3 aromatic rings. The number of likely N-dealkylation sites (N-methyl/N-ethyl adjacent to an activating group) is 1. The monoisotopic (exact) mass is 474 g/mol. The number of nitrogens with zero attached hydrogens (tertiary/aromatic N) is 6. The zero-order valence-electron chi connectivity index (χ0n) is 17.1. The number of aryl methyl sites for hydroxylation is 1. The number of fused-ring (bicyclic) bond motifs is 1. The highest BCUT2D eigenvalue weighted by atomic mass is 79.9. The molecule has 0 aliphatic carbocycles. The molecule has 30 heavy (non-hydrogen) atoms. The fourth-order valence-electron chi connectivity index (χ4n) is 3.70. The second-order valence-corrected chi connectivity index (χ2v) is 8.51. The second kappa shape index (κ2) is 7.84. The number of anilines is 1. The lowest BCUT2D eigenvalue weighted by Crippen LogP contribution is -2.45. The topological polar surface area (TPSA) is 85.4 Å². The zero-order valence-corrected chi connectivity index (χ0v) is 18.7. The Morgan fingerprint density at radius 2 is 1.63 bits per heavy atom. The number of hydrogen-bond acceptors (Lipinski definition) is 6. The molecule has 158 valence electrons. The van der Waals surface area contributed by atoms with Gasteiger partial charge in [0.05, 0.1) is 6.54 Å². The molecular formula is C20H23BrN6O3. The maximum absolute atomic E-state index is 13.0. The van der Waals surface area contributed by atoms with E-state index in [4.69, 9.17) is 0 Å². The van der Waals surface area contributed by atoms with Crippen molar-refractivity contribution in [2.75, 3.05) is 38.1 Å². The van der Waals surface area contributed by atoms with E-state index >= 15 is 0 Å². The van der Waals surface area contributed by atoms with E-state index < -0.39 is 11.2 Å². The van der Waals surface area contributed by atoms with Crippen molar-refractivity contribution in [3.05, 3.63) is 55.1 Å². The van der Waals surface area contributed by atoms with Crippen LogP contribution in [0.15, 0.2) is 38.3 Å². The van der Waals surface area contributed by atoms with Crippen molar-refractivity contribution in [2.24, 2.45) is 14.1 Å². The first-order valence-corrected chi connectivity index (χ1v) is 10.5. The van der Waals surface area contributed by atoms with Gasteiger partial charge in [-0.25, -0.2) is 4.79 Å². The fraction of sp³-hybridized carbons (Fsp3) is 0.400. The molecule has 2 aromatic heterocycles. The van der Waals surface area contributed by atoms with Gasteiger partial charge >= 0.3 is 5.69 Å². The third-order valence-electron chi connectivity index (χ3n) is 5.58. The molecule has 4 rings (SSSR count). The summed E-state index contributed by atoms with van der Waals surface area (Å²) in [5.74, 6) is 0.412. The van der Waals surface area contributed by atoms with Gasteiger partial charge in [0.15, 0.2) is 16.9 Å². The molecule has 1 aliphatic heterocycles. The predicted octanol–water partition coefficient (Wildman–Crippen LogP) is 0.831. The van der Waals surface area contributed by atoms with Gasteiger partial charge in [0.2, 0.25) is 5.95 Å². The minimum Gasteiger partial charge on any atom is -0.340 e. The Morgan fingerprint density at radius 1 is 1.00 bits per heavy atom. The van der Waals surface area contributed by atoms with Crippen LogP contribution in [0.5, 0.6) is 0 Å². The highest BCUT2D eigenvalue weighted by molar-refractivity contribution is 9.10. The number of ketones is 1. The molecule has 0 amide bonds. The Labute approximate surface area is 181 Å². The maximum Gasteiger partial charge on any atom is 0.332 e. The largest absolute Gasteiger partial charge is 0.340 e. The van der Waals surface area contributed by atoms with Gasteiger partial charge in [-0.1, -0.05) is 28.1 Å². The quantitative estimate of drug-likeness (QED) is 0.520. The Hall–Kier alpha value is -2.72. The minimum atomic E-state index is -0.454. The summed E-state index contributed by atoms with van der Waals surface area (Å²) in [6.07, 6.45) is 0. The van der Waals surface area contributed by atoms with E-state index in [1.165, 1.54) is 11.6 Å². The highest BCUT2D eigenvalue weighted by Crippen LogP contribution is 2.22. The molecule has 0 spiro atoms. The number of aromatic nitrogens is 4. The number of hydrogen-bond donors (Lipinski definition) is 0. The lowest BCUT2D eigenvalue weighted by molar-refractivity contribution is 0.0973. The van der Waals surface area contributed by atoms with Gasteiger partial charge in [-0.05, 0) is 19.2 Å². The first-order chi connectivity index (χ1) is 14.3. The van der Waals surface area contributed by atoms with Crippen molar-refractivity contribution in [3.63, 3.8) is 0 Å². The standard InChI is InChI=1S/C20H23BrN6O3/c1-23-8-10-26(11-9-23)19-22-17-16(18(29)25(3)20(30)24(17)2)27(19)12-15(28)13-4-6-14(21)7-5-13/h4-7H,8-12H2,1-3H3. The van der Waals surface area contributed by atoms with Crippen LogP contribution in [-0.2, 0) is 20.6 Å². The molecule has 3 heterocycles. The van der Waals surface area contributed by atoms with Crippen LogP contribution in [0.3, 0.4) is 0 Å². The Balaban J connectivity index is 1.87. The van der Waals surface area contributed by atoms with Crippen LogP contribution in [0, 0.1) is 0 Å². The molecule has 10 heteroatoms. The molecule has 9 nitrogen and oxygen atoms in total. The number of piperazine rings is 1. The fourth-order valence-corrected chi connectivity index (χ4v) is 3.97. The second-order valence-electron chi connectivity index (χ2n) is 7.60. The molecule has 0 unspecified atom stereocenters. The van der Waals surface area contributed by atoms with Gasteiger partial charge in [0, 0.05) is 50.3 Å². The summed E-state index contributed by atoms with van der Waals surface area (Å²) in [7, 11) is 5.08. The highest BCUT2D eigenvalue weighted by Gasteiger charge is 2.26. The summed E-state index contributed by atoms with van der Waals surface area (Å²) >= 11 is 3.37. The van der Waals surface area contributed by atoms with Crippen LogP contribution in [0.2, 0.25) is 0 Å². The summed E-state index contributed by atoms with van der Waals surface area (Å²) in [5.41, 5.74) is 0.205. The molecule has 1 saturated heterocycles. The molecule has 1 aliphatic rings. The van der Waals surface area contributed by atoms with Gasteiger partial charge in [0.1, 0.15) is 0 Å². The third-order valence-corrected chi connectivity index (χ3v) is 6.11. The van der Waals surface area contributed by atoms with Crippen molar-refractivity contribution in [2.45, 2.75) is 6.54 Å². The molecular weight excluding hydrogens is 452 g/mol. The predicted molar refractivity (Wildman–Crippen MR) is 118 cm³/mol. The lowest BCUT2D eigenvalue weighted by Gasteiger charge is -2.33. The van der Waals surface area contributed by atoms with Crippen molar-refractivity contribution in [3.8, 4) is 0 Å². The summed E-state index contributed by atoms with van der Waals surface area (Å²) in [6.45, 7) is 3.11. The molecule has 0 radical (unpaired) electrons. The Morgan fingerprint density at radius 3 is 2.27 bits per heavy atom. The van der Waals surface area contributed by atoms with E-state index in [0.717, 1.165) is 35.2 Å². The molecule has 0 atom stereocenters. The average molecular weight is 475 g/mol. The normalized spacial score (nSPS) is 15.1. The average Bonchev–Trinajstić information content (AvgIpc) is 3.11. The van der Waals surface area contributed by atoms with Crippen molar-refractivity contribution in [1.82, 2.24) is 23.6 Å². The Kier molecular flexibility index (Phi) is 5.37. The molecule has 1 aromatic carbocycles. The first-order valence-electron chi connectivity index (χ1n) is 9.66. The summed E-state index contributed by atoms with van der Waals surface area (Å²) < 4.78 is 4.95. The number of imidazole rings is 1. The smallest absolute Gasteiger partial charge is 0.332 e. The van der Waals surface area contributed by atoms with Crippen molar-refractivity contribution >= 4 is 38.8 Å². The maximum atomic E-state index is 13.0. The van der Waals surface area contributed by atoms with E-state index in [9.17, 15) is 14.4 Å². The number of Topliss-reactive ketones (excluding diaryl/α,β-unsaturated/α-hetero) is 1. The van der Waals surface area contributed by atoms with Crippen LogP contribution in [0.25, 0.3) is 11.2 Å². The number of halogens is 1. The van der Waals surface area contributed by atoms with Crippen molar-refractivity contribution in [1.29, 1.82) is 0 Å².